The molecule has 1 aromatic carbocycles. The molecule has 3 nitrogen and oxygen atoms in total. The highest BCUT2D eigenvalue weighted by Crippen LogP contribution is 2.38. The molecule has 1 aliphatic rings. The van der Waals surface area contributed by atoms with Gasteiger partial charge in [0.2, 0.25) is 0 Å². The molecule has 3 heteroatoms. The van der Waals surface area contributed by atoms with Gasteiger partial charge in [0.25, 0.3) is 0 Å². The zero-order valence-electron chi connectivity index (χ0n) is 9.73. The van der Waals surface area contributed by atoms with Crippen molar-refractivity contribution in [2.24, 2.45) is 0 Å². The maximum Gasteiger partial charge on any atom is 0.303 e. The number of hydrogen-bond acceptors (Lipinski definition) is 2. The molecule has 1 atom stereocenters. The maximum absolute atomic E-state index is 10.6. The summed E-state index contributed by atoms with van der Waals surface area (Å²) in [6, 6.07) is 6.42. The number of carbonyl (C=O) groups is 1. The van der Waals surface area contributed by atoms with E-state index in [1.165, 1.54) is 16.8 Å². The summed E-state index contributed by atoms with van der Waals surface area (Å²) in [7, 11) is 2.06. The van der Waals surface area contributed by atoms with Crippen molar-refractivity contribution in [3.8, 4) is 0 Å². The van der Waals surface area contributed by atoms with Crippen molar-refractivity contribution in [1.82, 2.24) is 0 Å². The Labute approximate surface area is 95.7 Å². The summed E-state index contributed by atoms with van der Waals surface area (Å²) in [5.74, 6) is -0.334. The molecule has 1 aliphatic heterocycles. The summed E-state index contributed by atoms with van der Waals surface area (Å²) in [5, 5.41) is 8.73. The molecule has 0 aromatic heterocycles. The van der Waals surface area contributed by atoms with Crippen LogP contribution in [-0.4, -0.2) is 24.7 Å². The van der Waals surface area contributed by atoms with Gasteiger partial charge in [-0.05, 0) is 25.0 Å². The van der Waals surface area contributed by atoms with E-state index >= 15 is 0 Å². The second kappa shape index (κ2) is 4.16. The SMILES string of the molecule is Cc1ccc2c(c1)C(CCC(=O)O)CN2C. The molecule has 0 amide bonds. The van der Waals surface area contributed by atoms with E-state index in [4.69, 9.17) is 5.11 Å². The van der Waals surface area contributed by atoms with Gasteiger partial charge in [-0.1, -0.05) is 17.7 Å². The normalized spacial score (nSPS) is 18.6. The Balaban J connectivity index is 2.20. The predicted octanol–water partition coefficient (Wildman–Crippen LogP) is 2.39. The lowest BCUT2D eigenvalue weighted by Crippen LogP contribution is -2.15. The van der Waals surface area contributed by atoms with E-state index in [9.17, 15) is 4.79 Å². The summed E-state index contributed by atoms with van der Waals surface area (Å²) in [5.41, 5.74) is 3.80. The molecule has 0 fully saturated rings. The summed E-state index contributed by atoms with van der Waals surface area (Å²) in [6.45, 7) is 3.01. The summed E-state index contributed by atoms with van der Waals surface area (Å²) >= 11 is 0. The minimum Gasteiger partial charge on any atom is -0.481 e. The molecule has 0 saturated heterocycles. The van der Waals surface area contributed by atoms with Crippen LogP contribution < -0.4 is 4.90 Å². The van der Waals surface area contributed by atoms with Crippen molar-refractivity contribution < 1.29 is 9.90 Å². The van der Waals surface area contributed by atoms with Crippen LogP contribution in [0.25, 0.3) is 0 Å². The Morgan fingerprint density at radius 3 is 3.00 bits per heavy atom. The number of rotatable bonds is 3. The fraction of sp³-hybridized carbons (Fsp3) is 0.462. The van der Waals surface area contributed by atoms with Crippen molar-refractivity contribution in [3.05, 3.63) is 29.3 Å². The van der Waals surface area contributed by atoms with Crippen LogP contribution >= 0.6 is 0 Å². The first kappa shape index (κ1) is 11.0. The van der Waals surface area contributed by atoms with Crippen molar-refractivity contribution in [2.75, 3.05) is 18.5 Å². The van der Waals surface area contributed by atoms with E-state index in [0.29, 0.717) is 5.92 Å². The number of fused-ring (bicyclic) bond motifs is 1. The van der Waals surface area contributed by atoms with Gasteiger partial charge in [-0.15, -0.1) is 0 Å². The smallest absolute Gasteiger partial charge is 0.303 e. The lowest BCUT2D eigenvalue weighted by molar-refractivity contribution is -0.137. The van der Waals surface area contributed by atoms with Crippen molar-refractivity contribution in [2.45, 2.75) is 25.7 Å². The number of carboxylic acid groups (broad SMARTS) is 1. The van der Waals surface area contributed by atoms with Gasteiger partial charge in [0.1, 0.15) is 0 Å². The van der Waals surface area contributed by atoms with Crippen LogP contribution in [-0.2, 0) is 4.79 Å². The quantitative estimate of drug-likeness (QED) is 0.848. The number of hydrogen-bond donors (Lipinski definition) is 1. The van der Waals surface area contributed by atoms with Crippen molar-refractivity contribution in [3.63, 3.8) is 0 Å². The van der Waals surface area contributed by atoms with Gasteiger partial charge in [0.15, 0.2) is 0 Å². The molecule has 0 bridgehead atoms. The maximum atomic E-state index is 10.6. The minimum absolute atomic E-state index is 0.256. The molecule has 86 valence electrons. The van der Waals surface area contributed by atoms with E-state index in [2.05, 4.69) is 37.1 Å². The molecule has 0 spiro atoms. The fourth-order valence-corrected chi connectivity index (χ4v) is 2.42. The molecule has 0 saturated carbocycles. The zero-order chi connectivity index (χ0) is 11.7. The number of aliphatic carboxylic acids is 1. The Morgan fingerprint density at radius 2 is 2.31 bits per heavy atom. The topological polar surface area (TPSA) is 40.5 Å². The molecular formula is C13H17NO2. The number of nitrogens with zero attached hydrogens (tertiary/aromatic N) is 1. The molecule has 1 unspecified atom stereocenters. The summed E-state index contributed by atoms with van der Waals surface area (Å²) in [6.07, 6.45) is 0.988. The van der Waals surface area contributed by atoms with Crippen LogP contribution in [0.4, 0.5) is 5.69 Å². The van der Waals surface area contributed by atoms with Crippen LogP contribution in [0.3, 0.4) is 0 Å². The largest absolute Gasteiger partial charge is 0.481 e. The van der Waals surface area contributed by atoms with Crippen molar-refractivity contribution >= 4 is 11.7 Å². The first-order valence-electron chi connectivity index (χ1n) is 5.61. The van der Waals surface area contributed by atoms with Gasteiger partial charge >= 0.3 is 5.97 Å². The summed E-state index contributed by atoms with van der Waals surface area (Å²) in [4.78, 5) is 12.8. The molecule has 16 heavy (non-hydrogen) atoms. The Bertz CT molecular complexity index is 414. The third kappa shape index (κ3) is 2.03. The first-order chi connectivity index (χ1) is 7.58. The Kier molecular flexibility index (Phi) is 2.86. The second-order valence-electron chi connectivity index (χ2n) is 4.57. The van der Waals surface area contributed by atoms with Gasteiger partial charge in [0.05, 0.1) is 0 Å². The molecule has 1 heterocycles. The highest BCUT2D eigenvalue weighted by molar-refractivity contribution is 5.67. The monoisotopic (exact) mass is 219 g/mol. The number of benzene rings is 1. The van der Waals surface area contributed by atoms with E-state index in [1.54, 1.807) is 0 Å². The number of likely N-dealkylation sites (N-methyl/N-ethyl adjacent to an activating group) is 1. The van der Waals surface area contributed by atoms with E-state index in [0.717, 1.165) is 13.0 Å². The average Bonchev–Trinajstić information content (AvgIpc) is 2.52. The lowest BCUT2D eigenvalue weighted by Gasteiger charge is -2.11. The third-order valence-electron chi connectivity index (χ3n) is 3.24. The average molecular weight is 219 g/mol. The van der Waals surface area contributed by atoms with E-state index < -0.39 is 5.97 Å². The summed E-state index contributed by atoms with van der Waals surface area (Å²) < 4.78 is 0. The minimum atomic E-state index is -0.705. The van der Waals surface area contributed by atoms with Gasteiger partial charge in [-0.3, -0.25) is 4.79 Å². The van der Waals surface area contributed by atoms with Crippen LogP contribution in [0.15, 0.2) is 18.2 Å². The molecule has 2 rings (SSSR count). The van der Waals surface area contributed by atoms with Crippen LogP contribution in [0, 0.1) is 6.92 Å². The number of carboxylic acids is 1. The molecule has 0 aliphatic carbocycles. The fourth-order valence-electron chi connectivity index (χ4n) is 2.42. The standard InChI is InChI=1S/C13H17NO2/c1-9-3-5-12-11(7-9)10(8-14(12)2)4-6-13(15)16/h3,5,7,10H,4,6,8H2,1-2H3,(H,15,16). The third-order valence-corrected chi connectivity index (χ3v) is 3.24. The zero-order valence-corrected chi connectivity index (χ0v) is 9.73. The molecule has 0 radical (unpaired) electrons. The number of aryl methyl sites for hydroxylation is 1. The van der Waals surface area contributed by atoms with Gasteiger partial charge in [-0.25, -0.2) is 0 Å². The van der Waals surface area contributed by atoms with Gasteiger partial charge in [0, 0.05) is 31.6 Å². The highest BCUT2D eigenvalue weighted by Gasteiger charge is 2.26. The Hall–Kier alpha value is -1.51. The predicted molar refractivity (Wildman–Crippen MR) is 64.1 cm³/mol. The second-order valence-corrected chi connectivity index (χ2v) is 4.57. The first-order valence-corrected chi connectivity index (χ1v) is 5.61. The highest BCUT2D eigenvalue weighted by atomic mass is 16.4. The van der Waals surface area contributed by atoms with E-state index in [1.807, 2.05) is 0 Å². The Morgan fingerprint density at radius 1 is 1.56 bits per heavy atom. The van der Waals surface area contributed by atoms with Crippen LogP contribution in [0.2, 0.25) is 0 Å². The van der Waals surface area contributed by atoms with Crippen LogP contribution in [0.5, 0.6) is 0 Å². The van der Waals surface area contributed by atoms with Gasteiger partial charge in [-0.2, -0.15) is 0 Å². The molecule has 1 N–H and O–H groups in total. The van der Waals surface area contributed by atoms with Gasteiger partial charge < -0.3 is 10.0 Å². The molecule has 1 aromatic rings. The van der Waals surface area contributed by atoms with Crippen LogP contribution in [0.1, 0.15) is 29.9 Å². The number of anilines is 1. The molecular weight excluding hydrogens is 202 g/mol. The van der Waals surface area contributed by atoms with Crippen molar-refractivity contribution in [1.29, 1.82) is 0 Å². The van der Waals surface area contributed by atoms with E-state index in [-0.39, 0.29) is 6.42 Å². The lowest BCUT2D eigenvalue weighted by atomic mass is 9.95.